The molecule has 2 rings (SSSR count). The van der Waals surface area contributed by atoms with Gasteiger partial charge in [-0.3, -0.25) is 0 Å². The van der Waals surface area contributed by atoms with Crippen LogP contribution in [0.2, 0.25) is 0 Å². The first kappa shape index (κ1) is 16.4. The van der Waals surface area contributed by atoms with Gasteiger partial charge in [0.15, 0.2) is 0 Å². The summed E-state index contributed by atoms with van der Waals surface area (Å²) in [6, 6.07) is 9.37. The molecule has 4 nitrogen and oxygen atoms in total. The molecule has 0 atom stereocenters. The molecule has 0 aliphatic rings. The number of ether oxygens (including phenoxy) is 1. The molecular formula is C17H20O4S. The second-order valence-corrected chi connectivity index (χ2v) is 6.89. The van der Waals surface area contributed by atoms with Gasteiger partial charge in [-0.1, -0.05) is 13.8 Å². The first-order valence-electron chi connectivity index (χ1n) is 7.17. The highest BCUT2D eigenvalue weighted by molar-refractivity contribution is 7.91. The van der Waals surface area contributed by atoms with Crippen LogP contribution in [0, 0.1) is 0 Å². The highest BCUT2D eigenvalue weighted by Crippen LogP contribution is 2.30. The van der Waals surface area contributed by atoms with Crippen molar-refractivity contribution in [3.63, 3.8) is 0 Å². The molecule has 0 radical (unpaired) electrons. The lowest BCUT2D eigenvalue weighted by Gasteiger charge is -2.12. The van der Waals surface area contributed by atoms with Crippen LogP contribution >= 0.6 is 0 Å². The summed E-state index contributed by atoms with van der Waals surface area (Å²) < 4.78 is 30.9. The van der Waals surface area contributed by atoms with E-state index in [1.54, 1.807) is 25.3 Å². The Morgan fingerprint density at radius 1 is 1.00 bits per heavy atom. The van der Waals surface area contributed by atoms with Crippen molar-refractivity contribution in [2.24, 2.45) is 0 Å². The second kappa shape index (κ2) is 6.40. The Bertz CT molecular complexity index is 779. The number of phenols is 1. The molecule has 1 N–H and O–H groups in total. The lowest BCUT2D eigenvalue weighted by atomic mass is 10.1. The van der Waals surface area contributed by atoms with Gasteiger partial charge in [-0.2, -0.15) is 0 Å². The molecule has 2 aromatic carbocycles. The number of phenolic OH excluding ortho intramolecular Hbond substituents is 1. The molecule has 0 unspecified atom stereocenters. The molecule has 0 aliphatic heterocycles. The fraction of sp³-hybridized carbons (Fsp3) is 0.294. The van der Waals surface area contributed by atoms with E-state index < -0.39 is 9.84 Å². The molecule has 0 aliphatic carbocycles. The number of aromatic hydroxyl groups is 1. The summed E-state index contributed by atoms with van der Waals surface area (Å²) in [7, 11) is -2.07. The maximum atomic E-state index is 12.9. The number of hydrogen-bond donors (Lipinski definition) is 1. The van der Waals surface area contributed by atoms with Gasteiger partial charge in [0, 0.05) is 0 Å². The van der Waals surface area contributed by atoms with Crippen LogP contribution in [0.15, 0.2) is 46.2 Å². The summed E-state index contributed by atoms with van der Waals surface area (Å²) in [4.78, 5) is 0.477. The third kappa shape index (κ3) is 2.95. The summed E-state index contributed by atoms with van der Waals surface area (Å²) in [5.41, 5.74) is 1.33. The van der Waals surface area contributed by atoms with Gasteiger partial charge in [0.2, 0.25) is 9.84 Å². The first-order chi connectivity index (χ1) is 10.4. The van der Waals surface area contributed by atoms with E-state index in [1.165, 1.54) is 18.2 Å². The lowest BCUT2D eigenvalue weighted by Crippen LogP contribution is -2.06. The molecule has 118 valence electrons. The van der Waals surface area contributed by atoms with Gasteiger partial charge in [0.25, 0.3) is 0 Å². The van der Waals surface area contributed by atoms with E-state index in [0.29, 0.717) is 29.7 Å². The van der Waals surface area contributed by atoms with Gasteiger partial charge in [-0.05, 0) is 60.4 Å². The van der Waals surface area contributed by atoms with Gasteiger partial charge in [-0.25, -0.2) is 8.42 Å². The van der Waals surface area contributed by atoms with Crippen molar-refractivity contribution in [3.05, 3.63) is 47.5 Å². The lowest BCUT2D eigenvalue weighted by molar-refractivity contribution is 0.414. The molecular weight excluding hydrogens is 300 g/mol. The number of benzene rings is 2. The van der Waals surface area contributed by atoms with Crippen molar-refractivity contribution in [1.82, 2.24) is 0 Å². The van der Waals surface area contributed by atoms with Crippen molar-refractivity contribution in [2.75, 3.05) is 7.11 Å². The quantitative estimate of drug-likeness (QED) is 0.917. The summed E-state index contributed by atoms with van der Waals surface area (Å²) in [5.74, 6) is 0.752. The first-order valence-corrected chi connectivity index (χ1v) is 8.66. The average molecular weight is 320 g/mol. The maximum absolute atomic E-state index is 12.9. The molecule has 0 bridgehead atoms. The standard InChI is InChI=1S/C17H20O4S/c1-4-12-11-15(7-8-16(12)18)22(19,20)17-9-6-14(21-3)10-13(17)5-2/h6-11,18H,4-5H2,1-3H3. The molecule has 0 saturated carbocycles. The van der Waals surface area contributed by atoms with Crippen molar-refractivity contribution in [3.8, 4) is 11.5 Å². The Hall–Kier alpha value is -2.01. The minimum Gasteiger partial charge on any atom is -0.508 e. The summed E-state index contributed by atoms with van der Waals surface area (Å²) in [5, 5.41) is 9.73. The molecule has 0 spiro atoms. The van der Waals surface area contributed by atoms with Crippen molar-refractivity contribution in [1.29, 1.82) is 0 Å². The topological polar surface area (TPSA) is 63.6 Å². The van der Waals surface area contributed by atoms with E-state index in [9.17, 15) is 13.5 Å². The molecule has 0 amide bonds. The third-order valence-electron chi connectivity index (χ3n) is 3.68. The average Bonchev–Trinajstić information content (AvgIpc) is 2.54. The second-order valence-electron chi connectivity index (χ2n) is 4.97. The van der Waals surface area contributed by atoms with Gasteiger partial charge < -0.3 is 9.84 Å². The Balaban J connectivity index is 2.60. The number of hydrogen-bond acceptors (Lipinski definition) is 4. The highest BCUT2D eigenvalue weighted by atomic mass is 32.2. The van der Waals surface area contributed by atoms with Crippen LogP contribution in [0.4, 0.5) is 0 Å². The Kier molecular flexibility index (Phi) is 4.76. The van der Waals surface area contributed by atoms with Gasteiger partial charge >= 0.3 is 0 Å². The zero-order valence-electron chi connectivity index (χ0n) is 13.0. The van der Waals surface area contributed by atoms with E-state index in [-0.39, 0.29) is 15.5 Å². The van der Waals surface area contributed by atoms with E-state index in [0.717, 1.165) is 0 Å². The molecule has 0 fully saturated rings. The summed E-state index contributed by atoms with van der Waals surface area (Å²) >= 11 is 0. The SMILES string of the molecule is CCc1cc(S(=O)(=O)c2ccc(OC)cc2CC)ccc1O. The van der Waals surface area contributed by atoms with Crippen LogP contribution < -0.4 is 4.74 Å². The maximum Gasteiger partial charge on any atom is 0.206 e. The summed E-state index contributed by atoms with van der Waals surface area (Å²) in [6.07, 6.45) is 1.16. The van der Waals surface area contributed by atoms with Crippen molar-refractivity contribution >= 4 is 9.84 Å². The normalized spacial score (nSPS) is 11.4. The molecule has 0 heterocycles. The Labute approximate surface area is 131 Å². The van der Waals surface area contributed by atoms with E-state index in [1.807, 2.05) is 13.8 Å². The largest absolute Gasteiger partial charge is 0.508 e. The van der Waals surface area contributed by atoms with Crippen molar-refractivity contribution < 1.29 is 18.3 Å². The van der Waals surface area contributed by atoms with Crippen LogP contribution in [0.3, 0.4) is 0 Å². The van der Waals surface area contributed by atoms with Gasteiger partial charge in [0.1, 0.15) is 11.5 Å². The highest BCUT2D eigenvalue weighted by Gasteiger charge is 2.22. The zero-order chi connectivity index (χ0) is 16.3. The molecule has 0 saturated heterocycles. The molecule has 2 aromatic rings. The van der Waals surface area contributed by atoms with Crippen LogP contribution in [0.5, 0.6) is 11.5 Å². The number of sulfone groups is 1. The predicted molar refractivity (Wildman–Crippen MR) is 85.3 cm³/mol. The van der Waals surface area contributed by atoms with E-state index in [2.05, 4.69) is 0 Å². The van der Waals surface area contributed by atoms with E-state index >= 15 is 0 Å². The van der Waals surface area contributed by atoms with Crippen LogP contribution in [-0.4, -0.2) is 20.6 Å². The molecule has 0 aromatic heterocycles. The van der Waals surface area contributed by atoms with Gasteiger partial charge in [-0.15, -0.1) is 0 Å². The van der Waals surface area contributed by atoms with E-state index in [4.69, 9.17) is 4.74 Å². The Morgan fingerprint density at radius 2 is 1.68 bits per heavy atom. The third-order valence-corrected chi connectivity index (χ3v) is 5.53. The number of rotatable bonds is 5. The monoisotopic (exact) mass is 320 g/mol. The van der Waals surface area contributed by atoms with Crippen LogP contribution in [0.1, 0.15) is 25.0 Å². The fourth-order valence-electron chi connectivity index (χ4n) is 2.36. The minimum atomic E-state index is -3.62. The molecule has 5 heteroatoms. The smallest absolute Gasteiger partial charge is 0.206 e. The van der Waals surface area contributed by atoms with Crippen LogP contribution in [0.25, 0.3) is 0 Å². The molecule has 22 heavy (non-hydrogen) atoms. The van der Waals surface area contributed by atoms with Crippen LogP contribution in [-0.2, 0) is 22.7 Å². The van der Waals surface area contributed by atoms with Gasteiger partial charge in [0.05, 0.1) is 16.9 Å². The fourth-order valence-corrected chi connectivity index (χ4v) is 3.95. The zero-order valence-corrected chi connectivity index (χ0v) is 13.8. The minimum absolute atomic E-state index is 0.117. The predicted octanol–water partition coefficient (Wildman–Crippen LogP) is 3.36. The van der Waals surface area contributed by atoms with Crippen molar-refractivity contribution in [2.45, 2.75) is 36.5 Å². The number of aryl methyl sites for hydroxylation is 2. The summed E-state index contributed by atoms with van der Waals surface area (Å²) in [6.45, 7) is 3.78. The Morgan fingerprint density at radius 3 is 2.27 bits per heavy atom. The number of methoxy groups -OCH3 is 1.